The highest BCUT2D eigenvalue weighted by molar-refractivity contribution is 7.90. The SMILES string of the molecule is CC(C)(C)[S+]([O-])NC(C1=C/C=C\C=C/C=C1)C1CCCCCCCC1. The van der Waals surface area contributed by atoms with Crippen LogP contribution >= 0.6 is 0 Å². The molecule has 0 aromatic heterocycles. The van der Waals surface area contributed by atoms with Gasteiger partial charge in [0, 0.05) is 11.4 Å². The lowest BCUT2D eigenvalue weighted by molar-refractivity contribution is 0.363. The quantitative estimate of drug-likeness (QED) is 0.645. The van der Waals surface area contributed by atoms with Crippen molar-refractivity contribution >= 4 is 11.4 Å². The molecule has 2 aliphatic carbocycles. The molecule has 2 nitrogen and oxygen atoms in total. The third-order valence-corrected chi connectivity index (χ3v) is 6.62. The molecule has 2 aliphatic rings. The summed E-state index contributed by atoms with van der Waals surface area (Å²) in [6.07, 6.45) is 25.2. The van der Waals surface area contributed by atoms with Crippen molar-refractivity contribution in [2.24, 2.45) is 5.92 Å². The number of rotatable bonds is 4. The van der Waals surface area contributed by atoms with E-state index in [0.29, 0.717) is 5.92 Å². The van der Waals surface area contributed by atoms with Crippen LogP contribution in [-0.4, -0.2) is 15.3 Å². The zero-order valence-electron chi connectivity index (χ0n) is 16.2. The van der Waals surface area contributed by atoms with Crippen molar-refractivity contribution < 1.29 is 4.55 Å². The lowest BCUT2D eigenvalue weighted by atomic mass is 9.85. The molecule has 0 saturated heterocycles. The van der Waals surface area contributed by atoms with E-state index in [1.165, 1.54) is 56.9 Å². The van der Waals surface area contributed by atoms with Gasteiger partial charge in [0.2, 0.25) is 0 Å². The predicted octanol–water partition coefficient (Wildman–Crippen LogP) is 5.77. The summed E-state index contributed by atoms with van der Waals surface area (Å²) >= 11 is -1.06. The molecule has 3 heteroatoms. The topological polar surface area (TPSA) is 35.1 Å². The third-order valence-electron chi connectivity index (χ3n) is 5.04. The summed E-state index contributed by atoms with van der Waals surface area (Å²) in [7, 11) is 0. The first kappa shape index (κ1) is 20.5. The highest BCUT2D eigenvalue weighted by atomic mass is 32.2. The van der Waals surface area contributed by atoms with Gasteiger partial charge in [0.1, 0.15) is 4.75 Å². The van der Waals surface area contributed by atoms with Gasteiger partial charge in [-0.2, -0.15) is 0 Å². The summed E-state index contributed by atoms with van der Waals surface area (Å²) in [6, 6.07) is 0.158. The average Bonchev–Trinajstić information content (AvgIpc) is 2.65. The zero-order valence-corrected chi connectivity index (χ0v) is 17.0. The third kappa shape index (κ3) is 7.16. The Hall–Kier alpha value is -0.770. The monoisotopic (exact) mass is 361 g/mol. The van der Waals surface area contributed by atoms with Crippen LogP contribution < -0.4 is 4.72 Å². The van der Waals surface area contributed by atoms with E-state index in [1.807, 2.05) is 26.8 Å². The van der Waals surface area contributed by atoms with Gasteiger partial charge in [-0.05, 0) is 45.1 Å². The van der Waals surface area contributed by atoms with E-state index in [4.69, 9.17) is 0 Å². The summed E-state index contributed by atoms with van der Waals surface area (Å²) in [6.45, 7) is 6.13. The van der Waals surface area contributed by atoms with Gasteiger partial charge >= 0.3 is 0 Å². The molecule has 1 fully saturated rings. The van der Waals surface area contributed by atoms with Gasteiger partial charge in [0.15, 0.2) is 0 Å². The minimum atomic E-state index is -1.06. The first-order valence-corrected chi connectivity index (χ1v) is 11.0. The van der Waals surface area contributed by atoms with Crippen LogP contribution in [0.1, 0.15) is 72.1 Å². The van der Waals surface area contributed by atoms with Crippen LogP contribution in [0.2, 0.25) is 0 Å². The molecule has 0 spiro atoms. The Morgan fingerprint density at radius 3 is 2.12 bits per heavy atom. The van der Waals surface area contributed by atoms with Gasteiger partial charge in [-0.1, -0.05) is 81.1 Å². The number of hydrogen-bond acceptors (Lipinski definition) is 2. The van der Waals surface area contributed by atoms with Crippen molar-refractivity contribution in [3.63, 3.8) is 0 Å². The Morgan fingerprint density at radius 1 is 0.920 bits per heavy atom. The maximum Gasteiger partial charge on any atom is 0.136 e. The lowest BCUT2D eigenvalue weighted by Gasteiger charge is -2.33. The molecular formula is C22H35NOS. The first-order chi connectivity index (χ1) is 12.0. The van der Waals surface area contributed by atoms with Gasteiger partial charge in [-0.3, -0.25) is 0 Å². The van der Waals surface area contributed by atoms with Crippen molar-refractivity contribution in [3.05, 3.63) is 48.1 Å². The molecule has 0 aromatic rings. The first-order valence-electron chi connectivity index (χ1n) is 9.88. The summed E-state index contributed by atoms with van der Waals surface area (Å²) in [5.41, 5.74) is 1.25. The molecule has 2 atom stereocenters. The van der Waals surface area contributed by atoms with Crippen LogP contribution in [0.5, 0.6) is 0 Å². The molecule has 0 heterocycles. The summed E-state index contributed by atoms with van der Waals surface area (Å²) in [4.78, 5) is 0. The van der Waals surface area contributed by atoms with Crippen LogP contribution in [0.4, 0.5) is 0 Å². The number of allylic oxidation sites excluding steroid dienone is 6. The molecule has 0 aromatic carbocycles. The van der Waals surface area contributed by atoms with E-state index >= 15 is 0 Å². The predicted molar refractivity (Wildman–Crippen MR) is 111 cm³/mol. The molecule has 0 bridgehead atoms. The van der Waals surface area contributed by atoms with E-state index < -0.39 is 11.4 Å². The second-order valence-corrected chi connectivity index (χ2v) is 10.2. The molecule has 2 rings (SSSR count). The van der Waals surface area contributed by atoms with Crippen LogP contribution in [0.3, 0.4) is 0 Å². The molecule has 0 radical (unpaired) electrons. The molecule has 1 saturated carbocycles. The zero-order chi connectivity index (χ0) is 18.1. The van der Waals surface area contributed by atoms with Gasteiger partial charge in [-0.15, -0.1) is 4.72 Å². The maximum atomic E-state index is 12.9. The fourth-order valence-corrected chi connectivity index (χ4v) is 4.43. The van der Waals surface area contributed by atoms with E-state index in [-0.39, 0.29) is 10.8 Å². The summed E-state index contributed by atoms with van der Waals surface area (Å²) in [5.74, 6) is 0.553. The molecule has 1 N–H and O–H groups in total. The maximum absolute atomic E-state index is 12.9. The van der Waals surface area contributed by atoms with Crippen LogP contribution in [0.25, 0.3) is 0 Å². The largest absolute Gasteiger partial charge is 0.598 e. The van der Waals surface area contributed by atoms with E-state index in [2.05, 4.69) is 41.2 Å². The van der Waals surface area contributed by atoms with E-state index in [0.717, 1.165) is 0 Å². The van der Waals surface area contributed by atoms with Crippen molar-refractivity contribution in [1.29, 1.82) is 0 Å². The summed E-state index contributed by atoms with van der Waals surface area (Å²) < 4.78 is 16.1. The Morgan fingerprint density at radius 2 is 1.48 bits per heavy atom. The lowest BCUT2D eigenvalue weighted by Crippen LogP contribution is -2.48. The number of nitrogens with one attached hydrogen (secondary N) is 1. The van der Waals surface area contributed by atoms with E-state index in [9.17, 15) is 4.55 Å². The van der Waals surface area contributed by atoms with Crippen LogP contribution in [0, 0.1) is 5.92 Å². The molecule has 25 heavy (non-hydrogen) atoms. The molecule has 0 aliphatic heterocycles. The molecule has 0 amide bonds. The highest BCUT2D eigenvalue weighted by Gasteiger charge is 2.33. The van der Waals surface area contributed by atoms with Crippen molar-refractivity contribution in [1.82, 2.24) is 4.72 Å². The Kier molecular flexibility index (Phi) is 8.54. The number of hydrogen-bond donors (Lipinski definition) is 1. The van der Waals surface area contributed by atoms with Gasteiger partial charge < -0.3 is 4.55 Å². The summed E-state index contributed by atoms with van der Waals surface area (Å²) in [5, 5.41) is 0. The standard InChI is InChI=1S/C22H35NOS/c1-22(2,3)25(24)23-21(20-17-13-9-6-10-14-18-20)19-15-11-7-4-5-8-12-16-19/h6,9-10,13-14,17-19,21,23H,4-5,7-8,11-12,15-16H2,1-3H3/b9-6-,10-6?,13-9?,14-10-,17-13?,18-14?,20-17?,20-18?. The second kappa shape index (κ2) is 10.4. The highest BCUT2D eigenvalue weighted by Crippen LogP contribution is 2.30. The average molecular weight is 362 g/mol. The van der Waals surface area contributed by atoms with Gasteiger partial charge in [-0.25, -0.2) is 0 Å². The molecular weight excluding hydrogens is 326 g/mol. The van der Waals surface area contributed by atoms with Crippen molar-refractivity contribution in [2.75, 3.05) is 0 Å². The molecule has 140 valence electrons. The Bertz CT molecular complexity index is 503. The normalized spacial score (nSPS) is 25.5. The fraction of sp³-hybridized carbons (Fsp3) is 0.636. The minimum absolute atomic E-state index is 0.158. The smallest absolute Gasteiger partial charge is 0.136 e. The van der Waals surface area contributed by atoms with E-state index in [1.54, 1.807) is 0 Å². The van der Waals surface area contributed by atoms with Gasteiger partial charge in [0.25, 0.3) is 0 Å². The van der Waals surface area contributed by atoms with Crippen molar-refractivity contribution in [3.8, 4) is 0 Å². The Balaban J connectivity index is 2.23. The van der Waals surface area contributed by atoms with Crippen LogP contribution in [0.15, 0.2) is 48.1 Å². The molecule has 2 unspecified atom stereocenters. The van der Waals surface area contributed by atoms with Crippen LogP contribution in [-0.2, 0) is 11.4 Å². The van der Waals surface area contributed by atoms with Gasteiger partial charge in [0.05, 0.1) is 6.04 Å². The fourth-order valence-electron chi connectivity index (χ4n) is 3.52. The minimum Gasteiger partial charge on any atom is -0.598 e. The van der Waals surface area contributed by atoms with Crippen molar-refractivity contribution in [2.45, 2.75) is 82.9 Å². The second-order valence-electron chi connectivity index (χ2n) is 8.23. The Labute approximate surface area is 157 Å².